The summed E-state index contributed by atoms with van der Waals surface area (Å²) in [6.45, 7) is 10.3. The molecular formula is C11H16BrOSi. The van der Waals surface area contributed by atoms with Crippen molar-refractivity contribution >= 4 is 24.0 Å². The van der Waals surface area contributed by atoms with Crippen LogP contribution >= 0.6 is 15.9 Å². The number of halogens is 1. The van der Waals surface area contributed by atoms with Gasteiger partial charge in [0.25, 0.3) is 0 Å². The van der Waals surface area contributed by atoms with Crippen LogP contribution in [-0.2, 0) is 5.22 Å². The monoisotopic (exact) mass is 271 g/mol. The Labute approximate surface area is 95.3 Å². The lowest BCUT2D eigenvalue weighted by Crippen LogP contribution is -2.47. The van der Waals surface area contributed by atoms with Crippen LogP contribution in [-0.4, -0.2) is 13.2 Å². The molecule has 0 aliphatic heterocycles. The van der Waals surface area contributed by atoms with Crippen molar-refractivity contribution in [2.24, 2.45) is 0 Å². The van der Waals surface area contributed by atoms with Crippen molar-refractivity contribution in [3.05, 3.63) is 41.2 Å². The average molecular weight is 272 g/mol. The second-order valence-electron chi connectivity index (χ2n) is 4.59. The van der Waals surface area contributed by atoms with E-state index in [1.54, 1.807) is 0 Å². The molecule has 1 radical (unpaired) electrons. The highest BCUT2D eigenvalue weighted by atomic mass is 79.9. The van der Waals surface area contributed by atoms with Crippen LogP contribution in [0.3, 0.4) is 0 Å². The van der Waals surface area contributed by atoms with Crippen molar-refractivity contribution < 1.29 is 5.11 Å². The minimum Gasteiger partial charge on any atom is -0.389 e. The molecule has 0 heterocycles. The first kappa shape index (κ1) is 11.9. The van der Waals surface area contributed by atoms with Gasteiger partial charge in [0.1, 0.15) is 0 Å². The Bertz CT molecular complexity index is 328. The van der Waals surface area contributed by atoms with Crippen molar-refractivity contribution in [2.45, 2.75) is 24.9 Å². The van der Waals surface area contributed by atoms with Crippen molar-refractivity contribution in [2.75, 3.05) is 0 Å². The lowest BCUT2D eigenvalue weighted by Gasteiger charge is -2.36. The van der Waals surface area contributed by atoms with Gasteiger partial charge in [0.2, 0.25) is 0 Å². The maximum atomic E-state index is 10.4. The molecule has 14 heavy (non-hydrogen) atoms. The zero-order chi connectivity index (χ0) is 11.0. The van der Waals surface area contributed by atoms with Gasteiger partial charge in [-0.3, -0.25) is 0 Å². The van der Waals surface area contributed by atoms with Gasteiger partial charge in [0, 0.05) is 4.47 Å². The molecule has 1 atom stereocenters. The minimum atomic E-state index is -1.74. The van der Waals surface area contributed by atoms with Gasteiger partial charge in [-0.25, -0.2) is 0 Å². The van der Waals surface area contributed by atoms with Crippen LogP contribution in [0.5, 0.6) is 0 Å². The van der Waals surface area contributed by atoms with Gasteiger partial charge in [-0.1, -0.05) is 53.8 Å². The van der Waals surface area contributed by atoms with Gasteiger partial charge in [0.05, 0.1) is 13.3 Å². The molecular weight excluding hydrogens is 256 g/mol. The largest absolute Gasteiger partial charge is 0.389 e. The molecule has 0 aliphatic rings. The highest BCUT2D eigenvalue weighted by molar-refractivity contribution is 9.10. The Morgan fingerprint density at radius 2 is 1.79 bits per heavy atom. The fraction of sp³-hybridized carbons (Fsp3) is 0.364. The summed E-state index contributed by atoms with van der Waals surface area (Å²) >= 11 is 3.45. The standard InChI is InChI=1S/C11H16BrOSi/c1-11(13,14(2,3)4)9-7-5-6-8-10(9)12/h5-8,13H,1H2,2-4H3. The molecule has 0 fully saturated rings. The molecule has 0 spiro atoms. The lowest BCUT2D eigenvalue weighted by molar-refractivity contribution is 0.164. The predicted molar refractivity (Wildman–Crippen MR) is 66.7 cm³/mol. The summed E-state index contributed by atoms with van der Waals surface area (Å²) in [7, 11) is -1.74. The van der Waals surface area contributed by atoms with Gasteiger partial charge in [-0.2, -0.15) is 0 Å². The van der Waals surface area contributed by atoms with E-state index in [2.05, 4.69) is 42.5 Å². The first-order valence-corrected chi connectivity index (χ1v) is 8.89. The molecule has 1 nitrogen and oxygen atoms in total. The summed E-state index contributed by atoms with van der Waals surface area (Å²) in [5.41, 5.74) is 0.888. The molecule has 0 saturated heterocycles. The van der Waals surface area contributed by atoms with E-state index in [9.17, 15) is 5.11 Å². The smallest absolute Gasteiger partial charge is 0.0878 e. The lowest BCUT2D eigenvalue weighted by atomic mass is 10.1. The molecule has 3 heteroatoms. The number of hydrogen-bond donors (Lipinski definition) is 1. The fourth-order valence-electron chi connectivity index (χ4n) is 1.20. The van der Waals surface area contributed by atoms with Gasteiger partial charge >= 0.3 is 0 Å². The zero-order valence-electron chi connectivity index (χ0n) is 8.84. The van der Waals surface area contributed by atoms with E-state index in [0.29, 0.717) is 0 Å². The second-order valence-corrected chi connectivity index (χ2v) is 10.8. The molecule has 0 saturated carbocycles. The van der Waals surface area contributed by atoms with E-state index in [-0.39, 0.29) is 0 Å². The third-order valence-electron chi connectivity index (χ3n) is 2.56. The van der Waals surface area contributed by atoms with Gasteiger partial charge in [-0.15, -0.1) is 0 Å². The molecule has 77 valence electrons. The topological polar surface area (TPSA) is 20.2 Å². The number of hydrogen-bond acceptors (Lipinski definition) is 1. The van der Waals surface area contributed by atoms with E-state index in [4.69, 9.17) is 0 Å². The van der Waals surface area contributed by atoms with Crippen LogP contribution in [0.1, 0.15) is 5.56 Å². The number of rotatable bonds is 2. The SMILES string of the molecule is [CH2]C(O)(c1ccccc1Br)[Si](C)(C)C. The molecule has 0 aromatic heterocycles. The molecule has 0 bridgehead atoms. The fourth-order valence-corrected chi connectivity index (χ4v) is 3.02. The van der Waals surface area contributed by atoms with E-state index in [1.165, 1.54) is 0 Å². The summed E-state index contributed by atoms with van der Waals surface area (Å²) in [6, 6.07) is 7.73. The van der Waals surface area contributed by atoms with Crippen molar-refractivity contribution in [3.8, 4) is 0 Å². The maximum absolute atomic E-state index is 10.4. The number of benzene rings is 1. The summed E-state index contributed by atoms with van der Waals surface area (Å²) in [5.74, 6) is 0. The van der Waals surface area contributed by atoms with Gasteiger partial charge < -0.3 is 5.11 Å². The third kappa shape index (κ3) is 2.10. The molecule has 1 N–H and O–H groups in total. The predicted octanol–water partition coefficient (Wildman–Crippen LogP) is 3.35. The van der Waals surface area contributed by atoms with E-state index >= 15 is 0 Å². The number of aliphatic hydroxyl groups is 1. The first-order chi connectivity index (χ1) is 6.27. The molecule has 1 aromatic rings. The van der Waals surface area contributed by atoms with Crippen LogP contribution in [0.15, 0.2) is 28.7 Å². The quantitative estimate of drug-likeness (QED) is 0.819. The zero-order valence-corrected chi connectivity index (χ0v) is 11.4. The van der Waals surface area contributed by atoms with Crippen molar-refractivity contribution in [1.82, 2.24) is 0 Å². The Kier molecular flexibility index (Phi) is 3.24. The van der Waals surface area contributed by atoms with Crippen LogP contribution < -0.4 is 0 Å². The third-order valence-corrected chi connectivity index (χ3v) is 6.00. The highest BCUT2D eigenvalue weighted by Gasteiger charge is 2.39. The van der Waals surface area contributed by atoms with Crippen LogP contribution in [0.4, 0.5) is 0 Å². The molecule has 0 aliphatic carbocycles. The summed E-state index contributed by atoms with van der Waals surface area (Å²) in [6.07, 6.45) is 0. The first-order valence-electron chi connectivity index (χ1n) is 4.59. The van der Waals surface area contributed by atoms with E-state index in [1.807, 2.05) is 24.3 Å². The van der Waals surface area contributed by atoms with Crippen LogP contribution in [0, 0.1) is 6.92 Å². The Morgan fingerprint density at radius 3 is 2.21 bits per heavy atom. The molecule has 1 rings (SSSR count). The summed E-state index contributed by atoms with van der Waals surface area (Å²) in [5, 5.41) is 9.49. The van der Waals surface area contributed by atoms with Crippen LogP contribution in [0.2, 0.25) is 19.6 Å². The maximum Gasteiger partial charge on any atom is 0.0878 e. The molecule has 1 unspecified atom stereocenters. The Balaban J connectivity index is 3.23. The Morgan fingerprint density at radius 1 is 1.29 bits per heavy atom. The van der Waals surface area contributed by atoms with Crippen molar-refractivity contribution in [1.29, 1.82) is 0 Å². The minimum absolute atomic E-state index is 0.888. The summed E-state index contributed by atoms with van der Waals surface area (Å²) in [4.78, 5) is 0. The summed E-state index contributed by atoms with van der Waals surface area (Å²) < 4.78 is 0.930. The average Bonchev–Trinajstić information content (AvgIpc) is 2.02. The van der Waals surface area contributed by atoms with Crippen molar-refractivity contribution in [3.63, 3.8) is 0 Å². The van der Waals surface area contributed by atoms with E-state index < -0.39 is 13.3 Å². The van der Waals surface area contributed by atoms with Crippen LogP contribution in [0.25, 0.3) is 0 Å². The molecule has 0 amide bonds. The van der Waals surface area contributed by atoms with E-state index in [0.717, 1.165) is 10.0 Å². The highest BCUT2D eigenvalue weighted by Crippen LogP contribution is 2.34. The normalized spacial score (nSPS) is 16.4. The second kappa shape index (κ2) is 3.80. The Hall–Kier alpha value is -0.123. The van der Waals surface area contributed by atoms with Gasteiger partial charge in [0.15, 0.2) is 0 Å². The van der Waals surface area contributed by atoms with Gasteiger partial charge in [-0.05, 0) is 18.6 Å². The molecule has 1 aromatic carbocycles.